The first-order valence-electron chi connectivity index (χ1n) is 32.1. The Bertz CT molecular complexity index is 1430. The third-order valence-corrected chi connectivity index (χ3v) is 13.9. The van der Waals surface area contributed by atoms with Crippen LogP contribution in [0.15, 0.2) is 85.1 Å². The Morgan fingerprint density at radius 3 is 0.813 bits per heavy atom. The smallest absolute Gasteiger partial charge is 0.306 e. The van der Waals surface area contributed by atoms with Gasteiger partial charge in [-0.1, -0.05) is 286 Å². The van der Waals surface area contributed by atoms with E-state index in [1.807, 2.05) is 0 Å². The van der Waals surface area contributed by atoms with Gasteiger partial charge in [0.25, 0.3) is 0 Å². The highest BCUT2D eigenvalue weighted by molar-refractivity contribution is 5.71. The minimum atomic E-state index is -0.780. The van der Waals surface area contributed by atoms with E-state index >= 15 is 0 Å². The first-order valence-corrected chi connectivity index (χ1v) is 32.1. The molecule has 0 aromatic heterocycles. The van der Waals surface area contributed by atoms with Gasteiger partial charge in [0.05, 0.1) is 0 Å². The molecule has 0 saturated carbocycles. The standard InChI is InChI=1S/C69H120O6/c1-4-7-10-13-16-19-22-24-26-28-30-32-33-34-35-37-38-40-42-44-47-50-53-56-59-62-68(71)74-65-66(64-73-67(70)61-58-55-52-49-46-21-18-15-12-9-6-3)75-69(72)63-60-57-54-51-48-45-43-41-39-36-31-29-27-25-23-20-17-14-11-8-5-2/h7,10,16,19,23-26,29-32,34-35,66H,4-6,8-9,11-15,17-18,20-22,27-28,33,36-65H2,1-3H3/b10-7-,19-16-,25-23-,26-24-,31-29-,32-30-,35-34-. The summed E-state index contributed by atoms with van der Waals surface area (Å²) in [5.74, 6) is -0.876. The van der Waals surface area contributed by atoms with Crippen LogP contribution in [0.25, 0.3) is 0 Å². The Labute approximate surface area is 465 Å². The van der Waals surface area contributed by atoms with Crippen molar-refractivity contribution in [3.05, 3.63) is 85.1 Å². The van der Waals surface area contributed by atoms with Crippen LogP contribution in [0, 0.1) is 0 Å². The first-order chi connectivity index (χ1) is 37.0. The number of ether oxygens (including phenoxy) is 3. The molecule has 0 spiro atoms. The Kier molecular flexibility index (Phi) is 60.3. The lowest BCUT2D eigenvalue weighted by Gasteiger charge is -2.18. The predicted molar refractivity (Wildman–Crippen MR) is 325 cm³/mol. The number of unbranched alkanes of at least 4 members (excludes halogenated alkanes) is 33. The van der Waals surface area contributed by atoms with Crippen molar-refractivity contribution in [3.8, 4) is 0 Å². The molecule has 0 bridgehead atoms. The van der Waals surface area contributed by atoms with E-state index in [9.17, 15) is 14.4 Å². The molecule has 6 nitrogen and oxygen atoms in total. The summed E-state index contributed by atoms with van der Waals surface area (Å²) in [5, 5.41) is 0. The highest BCUT2D eigenvalue weighted by atomic mass is 16.6. The van der Waals surface area contributed by atoms with Gasteiger partial charge in [0.1, 0.15) is 13.2 Å². The lowest BCUT2D eigenvalue weighted by atomic mass is 10.1. The molecule has 0 amide bonds. The summed E-state index contributed by atoms with van der Waals surface area (Å²) in [4.78, 5) is 38.3. The van der Waals surface area contributed by atoms with Gasteiger partial charge in [-0.25, -0.2) is 0 Å². The van der Waals surface area contributed by atoms with Crippen molar-refractivity contribution in [2.75, 3.05) is 13.2 Å². The average Bonchev–Trinajstić information content (AvgIpc) is 3.41. The molecule has 1 unspecified atom stereocenters. The van der Waals surface area contributed by atoms with Gasteiger partial charge in [0.2, 0.25) is 0 Å². The van der Waals surface area contributed by atoms with Gasteiger partial charge in [0, 0.05) is 19.3 Å². The van der Waals surface area contributed by atoms with Gasteiger partial charge in [0.15, 0.2) is 6.10 Å². The molecule has 0 aliphatic heterocycles. The molecule has 0 saturated heterocycles. The fraction of sp³-hybridized carbons (Fsp3) is 0.754. The molecule has 0 aromatic rings. The van der Waals surface area contributed by atoms with Gasteiger partial charge in [-0.15, -0.1) is 0 Å². The van der Waals surface area contributed by atoms with Crippen molar-refractivity contribution in [1.29, 1.82) is 0 Å². The van der Waals surface area contributed by atoms with Gasteiger partial charge >= 0.3 is 17.9 Å². The van der Waals surface area contributed by atoms with Crippen molar-refractivity contribution < 1.29 is 28.6 Å². The van der Waals surface area contributed by atoms with E-state index in [4.69, 9.17) is 14.2 Å². The van der Waals surface area contributed by atoms with Crippen molar-refractivity contribution >= 4 is 17.9 Å². The summed E-state index contributed by atoms with van der Waals surface area (Å²) in [7, 11) is 0. The Hall–Kier alpha value is -3.41. The van der Waals surface area contributed by atoms with Crippen molar-refractivity contribution in [3.63, 3.8) is 0 Å². The highest BCUT2D eigenvalue weighted by Gasteiger charge is 2.19. The van der Waals surface area contributed by atoms with E-state index in [0.717, 1.165) is 103 Å². The Morgan fingerprint density at radius 1 is 0.280 bits per heavy atom. The van der Waals surface area contributed by atoms with Crippen LogP contribution in [0.3, 0.4) is 0 Å². The van der Waals surface area contributed by atoms with E-state index in [-0.39, 0.29) is 31.1 Å². The van der Waals surface area contributed by atoms with Crippen LogP contribution >= 0.6 is 0 Å². The maximum Gasteiger partial charge on any atom is 0.306 e. The molecule has 0 aromatic carbocycles. The molecule has 6 heteroatoms. The van der Waals surface area contributed by atoms with Crippen molar-refractivity contribution in [2.24, 2.45) is 0 Å². The van der Waals surface area contributed by atoms with E-state index in [1.54, 1.807) is 0 Å². The van der Waals surface area contributed by atoms with Crippen molar-refractivity contribution in [1.82, 2.24) is 0 Å². The normalized spacial score (nSPS) is 12.6. The molecule has 0 heterocycles. The quantitative estimate of drug-likeness (QED) is 0.0261. The number of carbonyl (C=O) groups is 3. The zero-order chi connectivity index (χ0) is 54.3. The van der Waals surface area contributed by atoms with E-state index < -0.39 is 6.10 Å². The second-order valence-electron chi connectivity index (χ2n) is 21.3. The number of hydrogen-bond acceptors (Lipinski definition) is 6. The molecular weight excluding hydrogens is 925 g/mol. The topological polar surface area (TPSA) is 78.9 Å². The monoisotopic (exact) mass is 1040 g/mol. The number of allylic oxidation sites excluding steroid dienone is 14. The molecular formula is C69H120O6. The van der Waals surface area contributed by atoms with Crippen LogP contribution in [-0.2, 0) is 28.6 Å². The average molecular weight is 1050 g/mol. The lowest BCUT2D eigenvalue weighted by Crippen LogP contribution is -2.30. The molecule has 432 valence electrons. The summed E-state index contributed by atoms with van der Waals surface area (Å²) in [6, 6.07) is 0. The van der Waals surface area contributed by atoms with Gasteiger partial charge < -0.3 is 14.2 Å². The molecule has 75 heavy (non-hydrogen) atoms. The molecule has 0 N–H and O–H groups in total. The van der Waals surface area contributed by atoms with Crippen LogP contribution in [0.5, 0.6) is 0 Å². The van der Waals surface area contributed by atoms with E-state index in [2.05, 4.69) is 106 Å². The van der Waals surface area contributed by atoms with Crippen LogP contribution in [0.1, 0.15) is 316 Å². The lowest BCUT2D eigenvalue weighted by molar-refractivity contribution is -0.167. The molecule has 0 rings (SSSR count). The molecule has 1 atom stereocenters. The number of hydrogen-bond donors (Lipinski definition) is 0. The predicted octanol–water partition coefficient (Wildman–Crippen LogP) is 21.9. The van der Waals surface area contributed by atoms with Crippen LogP contribution in [-0.4, -0.2) is 37.2 Å². The number of carbonyl (C=O) groups excluding carboxylic acids is 3. The first kappa shape index (κ1) is 71.6. The minimum Gasteiger partial charge on any atom is -0.462 e. The third-order valence-electron chi connectivity index (χ3n) is 13.9. The molecule has 0 fully saturated rings. The zero-order valence-corrected chi connectivity index (χ0v) is 49.6. The van der Waals surface area contributed by atoms with Crippen LogP contribution < -0.4 is 0 Å². The summed E-state index contributed by atoms with van der Waals surface area (Å²) in [6.45, 7) is 6.53. The molecule has 0 aliphatic rings. The third kappa shape index (κ3) is 61.3. The fourth-order valence-electron chi connectivity index (χ4n) is 9.09. The second kappa shape index (κ2) is 63.1. The van der Waals surface area contributed by atoms with Crippen molar-refractivity contribution in [2.45, 2.75) is 322 Å². The Balaban J connectivity index is 4.29. The minimum absolute atomic E-state index is 0.0772. The SMILES string of the molecule is CC/C=C\C/C=C\C/C=C\C/C=C\C/C=C\CCCCCCCCCCCC(=O)OCC(COC(=O)CCCCCCCCCCCCC)OC(=O)CCCCCCCCCCC/C=C\C/C=C\CCCCCCC. The van der Waals surface area contributed by atoms with Gasteiger partial charge in [-0.2, -0.15) is 0 Å². The fourth-order valence-corrected chi connectivity index (χ4v) is 9.09. The molecule has 0 radical (unpaired) electrons. The van der Waals surface area contributed by atoms with E-state index in [1.165, 1.54) is 173 Å². The summed E-state index contributed by atoms with van der Waals surface area (Å²) >= 11 is 0. The second-order valence-corrected chi connectivity index (χ2v) is 21.3. The maximum atomic E-state index is 12.9. The number of rotatable bonds is 58. The summed E-state index contributed by atoms with van der Waals surface area (Å²) < 4.78 is 16.9. The summed E-state index contributed by atoms with van der Waals surface area (Å²) in [5.41, 5.74) is 0. The number of esters is 3. The van der Waals surface area contributed by atoms with Gasteiger partial charge in [-0.3, -0.25) is 14.4 Å². The largest absolute Gasteiger partial charge is 0.462 e. The maximum absolute atomic E-state index is 12.9. The zero-order valence-electron chi connectivity index (χ0n) is 49.6. The summed E-state index contributed by atoms with van der Waals surface area (Å²) in [6.07, 6.45) is 83.0. The van der Waals surface area contributed by atoms with Crippen LogP contribution in [0.4, 0.5) is 0 Å². The highest BCUT2D eigenvalue weighted by Crippen LogP contribution is 2.16. The molecule has 0 aliphatic carbocycles. The van der Waals surface area contributed by atoms with Gasteiger partial charge in [-0.05, 0) is 96.3 Å². The van der Waals surface area contributed by atoms with Crippen LogP contribution in [0.2, 0.25) is 0 Å². The van der Waals surface area contributed by atoms with E-state index in [0.29, 0.717) is 19.3 Å². The Morgan fingerprint density at radius 2 is 0.520 bits per heavy atom.